The number of fused-ring (bicyclic) bond motifs is 1. The van der Waals surface area contributed by atoms with Gasteiger partial charge in [0.15, 0.2) is 0 Å². The van der Waals surface area contributed by atoms with Crippen molar-refractivity contribution in [2.45, 2.75) is 131 Å². The first-order valence-electron chi connectivity index (χ1n) is 15.5. The normalized spacial score (nSPS) is 18.0. The van der Waals surface area contributed by atoms with Gasteiger partial charge in [-0.1, -0.05) is 58.2 Å². The predicted octanol–water partition coefficient (Wildman–Crippen LogP) is 7.27. The second kappa shape index (κ2) is 19.7. The molecule has 0 radical (unpaired) electrons. The zero-order valence-corrected chi connectivity index (χ0v) is 30.9. The second-order valence-electron chi connectivity index (χ2n) is 12.5. The van der Waals surface area contributed by atoms with Gasteiger partial charge in [0.2, 0.25) is 0 Å². The van der Waals surface area contributed by atoms with E-state index in [1.165, 1.54) is 33.9 Å². The van der Waals surface area contributed by atoms with Crippen LogP contribution in [-0.4, -0.2) is 18.6 Å². The Morgan fingerprint density at radius 3 is 1.74 bits per heavy atom. The summed E-state index contributed by atoms with van der Waals surface area (Å²) >= 11 is 0. The molecule has 0 N–H and O–H groups in total. The molecule has 0 saturated heterocycles. The molecule has 0 aliphatic carbocycles. The third-order valence-corrected chi connectivity index (χ3v) is 8.26. The van der Waals surface area contributed by atoms with Crippen LogP contribution in [0.5, 0.6) is 11.5 Å². The summed E-state index contributed by atoms with van der Waals surface area (Å²) < 4.78 is 43.3. The topological polar surface area (TPSA) is 75.7 Å². The van der Waals surface area contributed by atoms with Crippen molar-refractivity contribution in [1.29, 1.82) is 0 Å². The average Bonchev–Trinajstić information content (AvgIpc) is 2.87. The molecule has 1 heterocycles. The van der Waals surface area contributed by atoms with Crippen LogP contribution < -0.4 is 38.5 Å². The third kappa shape index (κ3) is 17.5. The van der Waals surface area contributed by atoms with Gasteiger partial charge in [-0.15, -0.1) is 0 Å². The van der Waals surface area contributed by atoms with E-state index in [4.69, 9.17) is 4.74 Å². The summed E-state index contributed by atoms with van der Waals surface area (Å²) in [5, 5.41) is 0. The zero-order valence-electron chi connectivity index (χ0n) is 28.1. The van der Waals surface area contributed by atoms with E-state index in [0.29, 0.717) is 0 Å². The third-order valence-electron chi connectivity index (χ3n) is 7.86. The minimum Gasteiger partial charge on any atom is -0.716 e. The molecule has 0 spiro atoms. The maximum absolute atomic E-state index is 10.9. The Bertz CT molecular complexity index is 1280. The van der Waals surface area contributed by atoms with Crippen molar-refractivity contribution >= 4 is 10.4 Å². The summed E-state index contributed by atoms with van der Waals surface area (Å²) in [4.78, 5) is 0. The number of hydrogen-bond acceptors (Lipinski definition) is 5. The molecule has 0 aromatic heterocycles. The van der Waals surface area contributed by atoms with Gasteiger partial charge in [-0.2, -0.15) is 0 Å². The van der Waals surface area contributed by atoms with Crippen LogP contribution >= 0.6 is 0 Å². The summed E-state index contributed by atoms with van der Waals surface area (Å²) in [6.45, 7) is 15.4. The summed E-state index contributed by atoms with van der Waals surface area (Å²) in [5.41, 5.74) is 7.84. The predicted molar refractivity (Wildman–Crippen MR) is 175 cm³/mol. The van der Waals surface area contributed by atoms with Gasteiger partial charge in [-0.3, -0.25) is 0 Å². The van der Waals surface area contributed by atoms with Gasteiger partial charge in [0.25, 0.3) is 10.4 Å². The van der Waals surface area contributed by atoms with Crippen LogP contribution in [-0.2, 0) is 16.8 Å². The molecule has 1 aliphatic heterocycles. The largest absolute Gasteiger partial charge is 1.00 e. The monoisotopic (exact) mass is 620 g/mol. The van der Waals surface area contributed by atoms with Crippen molar-refractivity contribution < 1.29 is 51.4 Å². The Hall–Kier alpha value is -1.57. The minimum atomic E-state index is -4.78. The Morgan fingerprint density at radius 2 is 1.28 bits per heavy atom. The molecule has 234 valence electrons. The first-order valence-corrected chi connectivity index (χ1v) is 16.8. The van der Waals surface area contributed by atoms with Crippen molar-refractivity contribution in [3.63, 3.8) is 0 Å². The first-order chi connectivity index (χ1) is 19.7. The maximum Gasteiger partial charge on any atom is 1.00 e. The molecule has 1 aromatic rings. The molecule has 7 heteroatoms. The molecule has 1 unspecified atom stereocenters. The van der Waals surface area contributed by atoms with Gasteiger partial charge in [0.1, 0.15) is 17.1 Å². The van der Waals surface area contributed by atoms with Crippen molar-refractivity contribution in [3.8, 4) is 11.5 Å². The van der Waals surface area contributed by atoms with Crippen LogP contribution in [0.25, 0.3) is 0 Å². The van der Waals surface area contributed by atoms with Crippen LogP contribution in [0, 0.1) is 0 Å². The fraction of sp³-hybridized carbons (Fsp3) is 0.556. The molecule has 0 amide bonds. The van der Waals surface area contributed by atoms with Crippen LogP contribution in [0.2, 0.25) is 0 Å². The number of aryl methyl sites for hydroxylation is 1. The first kappa shape index (κ1) is 39.5. The summed E-state index contributed by atoms with van der Waals surface area (Å²) in [7, 11) is -4.78. The van der Waals surface area contributed by atoms with E-state index in [1.807, 2.05) is 0 Å². The van der Waals surface area contributed by atoms with E-state index >= 15 is 0 Å². The molecular weight excluding hydrogens is 567 g/mol. The van der Waals surface area contributed by atoms with E-state index in [2.05, 4.69) is 83.0 Å². The number of rotatable bonds is 17. The fourth-order valence-corrected chi connectivity index (χ4v) is 5.51. The summed E-state index contributed by atoms with van der Waals surface area (Å²) in [6, 6.07) is 4.73. The molecular formula is C36H53NaO5S. The quantitative estimate of drug-likeness (QED) is 0.0793. The number of hydrogen-bond donors (Lipinski definition) is 0. The average molecular weight is 621 g/mol. The summed E-state index contributed by atoms with van der Waals surface area (Å²) in [6.07, 6.45) is 24.2. The standard InChI is InChI=1S/C36H54O5S.Na/c1-28(2)13-8-14-29(3)15-9-16-30(4)17-10-18-31(5)19-11-20-32(6)21-12-25-36(7)26-24-33-27-34(41-42(37,38)39)22-23-35(33)40-36;/h13,15,17,19,21-23,27H,8-12,14,16,18,20,24-26H2,1-7H3,(H,37,38,39);/q;+1/p-1/b29-15+,30-17+,31-19+,32-21+;. The molecule has 5 nitrogen and oxygen atoms in total. The van der Waals surface area contributed by atoms with E-state index in [1.54, 1.807) is 12.1 Å². The molecule has 1 atom stereocenters. The number of allylic oxidation sites excluding steroid dienone is 10. The van der Waals surface area contributed by atoms with Crippen molar-refractivity contribution in [2.24, 2.45) is 0 Å². The van der Waals surface area contributed by atoms with E-state index in [0.717, 1.165) is 88.4 Å². The zero-order chi connectivity index (χ0) is 31.2. The van der Waals surface area contributed by atoms with Crippen LogP contribution in [0.15, 0.2) is 76.4 Å². The van der Waals surface area contributed by atoms with Gasteiger partial charge in [-0.25, -0.2) is 8.42 Å². The minimum absolute atomic E-state index is 0. The van der Waals surface area contributed by atoms with Crippen LogP contribution in [0.3, 0.4) is 0 Å². The van der Waals surface area contributed by atoms with Crippen LogP contribution in [0.4, 0.5) is 0 Å². The maximum atomic E-state index is 10.9. The van der Waals surface area contributed by atoms with Gasteiger partial charge in [0.05, 0.1) is 0 Å². The molecule has 0 fully saturated rings. The molecule has 2 rings (SSSR count). The van der Waals surface area contributed by atoms with E-state index in [9.17, 15) is 13.0 Å². The Kier molecular flexibility index (Phi) is 18.1. The van der Waals surface area contributed by atoms with Crippen LogP contribution in [0.1, 0.15) is 125 Å². The number of benzene rings is 1. The van der Waals surface area contributed by atoms with Crippen molar-refractivity contribution in [2.75, 3.05) is 0 Å². The van der Waals surface area contributed by atoms with Crippen molar-refractivity contribution in [1.82, 2.24) is 0 Å². The second-order valence-corrected chi connectivity index (χ2v) is 13.5. The number of ether oxygens (including phenoxy) is 1. The Balaban J connectivity index is 0.00000924. The molecule has 0 saturated carbocycles. The van der Waals surface area contributed by atoms with E-state index in [-0.39, 0.29) is 40.9 Å². The molecule has 0 bridgehead atoms. The Morgan fingerprint density at radius 1 is 0.814 bits per heavy atom. The van der Waals surface area contributed by atoms with Gasteiger partial charge in [-0.05, 0) is 149 Å². The van der Waals surface area contributed by atoms with Gasteiger partial charge >= 0.3 is 29.6 Å². The molecule has 1 aliphatic rings. The fourth-order valence-electron chi connectivity index (χ4n) is 5.17. The SMILES string of the molecule is CC(C)=CCC/C(C)=C/CC/C(C)=C/CC/C(C)=C/CC/C(C)=C/CCC1(C)CCc2cc(OS(=O)(=O)[O-])ccc2O1.[Na+]. The molecule has 43 heavy (non-hydrogen) atoms. The van der Waals surface area contributed by atoms with Crippen molar-refractivity contribution in [3.05, 3.63) is 82.0 Å². The smallest absolute Gasteiger partial charge is 0.716 e. The van der Waals surface area contributed by atoms with Gasteiger partial charge < -0.3 is 13.5 Å². The summed E-state index contributed by atoms with van der Waals surface area (Å²) in [5.74, 6) is 0.758. The Labute approximate surface area is 284 Å². The van der Waals surface area contributed by atoms with Gasteiger partial charge in [0, 0.05) is 0 Å². The van der Waals surface area contributed by atoms with E-state index < -0.39 is 10.4 Å². The molecule has 1 aromatic carbocycles.